The van der Waals surface area contributed by atoms with Crippen molar-refractivity contribution in [1.82, 2.24) is 4.90 Å². The zero-order valence-corrected chi connectivity index (χ0v) is 66.3. The Kier molecular flexibility index (Phi) is 104. The number of hydrogen-bond donors (Lipinski definition) is 4. The van der Waals surface area contributed by atoms with Crippen LogP contribution in [0, 0.1) is 0 Å². The highest BCUT2D eigenvalue weighted by molar-refractivity contribution is 8.13. The summed E-state index contributed by atoms with van der Waals surface area (Å²) in [5.41, 5.74) is 0. The van der Waals surface area contributed by atoms with Gasteiger partial charge in [-0.1, -0.05) is 221 Å². The first-order valence-electron chi connectivity index (χ1n) is 34.0. The Morgan fingerprint density at radius 3 is 0.860 bits per heavy atom. The van der Waals surface area contributed by atoms with Gasteiger partial charge >= 0.3 is 28.1 Å². The number of carbonyl (C=O) groups excluding carboxylic acids is 3. The molecule has 0 aliphatic carbocycles. The Labute approximate surface area is 600 Å². The smallest absolute Gasteiger partial charge is 0.391 e. The summed E-state index contributed by atoms with van der Waals surface area (Å²) in [6.07, 6.45) is 45.5. The summed E-state index contributed by atoms with van der Waals surface area (Å²) < 4.78 is 99.3. The maximum absolute atomic E-state index is 10.7. The molecule has 564 valence electrons. The van der Waals surface area contributed by atoms with E-state index in [9.17, 15) is 35.1 Å². The maximum Gasteiger partial charge on any atom is 0.391 e. The standard InChI is InChI=1S/C15H29ClO5S2.C15H30O3S.C13H27ClO4S2.C13H26O2.C6H15N.C2H4OS.ClFO2S/c1-15(17)22-14-10-8-6-4-2-3-5-7-9-11-20-12-13-21-23(16,18)19;1-15(17)19-14-10-8-6-4-2-3-5-7-9-12-18-13-11-16;14-20(15,16)18-12-11-17-10-8-6-4-2-1-3-5-7-9-13-19;1-2-3-4-5-6-7-8-9-10-12-15-13-11-14;1-4-7(5-2)6-3;1-2(3)4;1-5(2,3)4/h2-14H2,1H3;16H,2-14H2,1H3;19H,1-13H2;2,14H,1,3-13H2;4-6H2,1-3H3;1H3,(H,3,4);. The Hall–Kier alpha value is 0.440. The third-order valence-electron chi connectivity index (χ3n) is 12.8. The minimum Gasteiger partial charge on any atom is -0.394 e. The van der Waals surface area contributed by atoms with Crippen molar-refractivity contribution >= 4 is 124 Å². The molecule has 0 radical (unpaired) electrons. The predicted octanol–water partition coefficient (Wildman–Crippen LogP) is 17.6. The van der Waals surface area contributed by atoms with Crippen LogP contribution in [0.4, 0.5) is 3.89 Å². The molecule has 2 N–H and O–H groups in total. The third kappa shape index (κ3) is 148. The van der Waals surface area contributed by atoms with E-state index in [1.54, 1.807) is 13.8 Å². The number of nitrogens with zero attached hydrogens (tertiary/aromatic N) is 1. The molecule has 0 heterocycles. The van der Waals surface area contributed by atoms with E-state index in [2.05, 4.69) is 76.6 Å². The third-order valence-corrected chi connectivity index (χ3v) is 16.4. The first-order valence-corrected chi connectivity index (χ1v) is 43.7. The number of halogens is 4. The molecule has 0 aromatic carbocycles. The highest BCUT2D eigenvalue weighted by Gasteiger charge is 2.05. The van der Waals surface area contributed by atoms with Crippen LogP contribution in [0.1, 0.15) is 266 Å². The summed E-state index contributed by atoms with van der Waals surface area (Å²) in [7, 11) is 1.18. The maximum atomic E-state index is 10.7. The van der Waals surface area contributed by atoms with Crippen LogP contribution in [0.25, 0.3) is 0 Å². The average molecular weight is 1540 g/mol. The fourth-order valence-corrected chi connectivity index (χ4v) is 10.4. The van der Waals surface area contributed by atoms with Crippen LogP contribution in [0.5, 0.6) is 0 Å². The Morgan fingerprint density at radius 2 is 0.656 bits per heavy atom. The highest BCUT2D eigenvalue weighted by atomic mass is 35.7. The van der Waals surface area contributed by atoms with Gasteiger partial charge in [0.2, 0.25) is 0 Å². The van der Waals surface area contributed by atoms with Crippen LogP contribution >= 0.6 is 80.8 Å². The largest absolute Gasteiger partial charge is 0.394 e. The number of aliphatic hydroxyl groups excluding tert-OH is 2. The number of ether oxygens (including phenoxy) is 4. The molecule has 0 unspecified atom stereocenters. The van der Waals surface area contributed by atoms with Gasteiger partial charge in [0, 0.05) is 80.1 Å². The molecule has 93 heavy (non-hydrogen) atoms. The fourth-order valence-electron chi connectivity index (χ4n) is 8.04. The molecule has 0 saturated carbocycles. The number of thiol groups is 2. The van der Waals surface area contributed by atoms with Gasteiger partial charge in [0.25, 0.3) is 0 Å². The lowest BCUT2D eigenvalue weighted by Crippen LogP contribution is -2.21. The van der Waals surface area contributed by atoms with Crippen LogP contribution in [-0.4, -0.2) is 172 Å². The van der Waals surface area contributed by atoms with Crippen molar-refractivity contribution in [2.45, 2.75) is 266 Å². The molecule has 0 spiro atoms. The molecule has 29 heteroatoms. The van der Waals surface area contributed by atoms with Crippen molar-refractivity contribution in [3.8, 4) is 0 Å². The summed E-state index contributed by atoms with van der Waals surface area (Å²) in [5.74, 6) is 2.95. The zero-order chi connectivity index (χ0) is 71.7. The Morgan fingerprint density at radius 1 is 0.430 bits per heavy atom. The lowest BCUT2D eigenvalue weighted by molar-refractivity contribution is -0.109. The number of thioether (sulfide) groups is 2. The lowest BCUT2D eigenvalue weighted by atomic mass is 10.1. The molecular formula is C64H131Cl3FNO17S7. The quantitative estimate of drug-likeness (QED) is 0.0191. The topological polar surface area (TPSA) is 253 Å². The van der Waals surface area contributed by atoms with E-state index in [1.165, 1.54) is 223 Å². The van der Waals surface area contributed by atoms with Crippen LogP contribution in [0.2, 0.25) is 0 Å². The van der Waals surface area contributed by atoms with Gasteiger partial charge in [-0.05, 0) is 83.2 Å². The molecule has 18 nitrogen and oxygen atoms in total. The van der Waals surface area contributed by atoms with Gasteiger partial charge in [-0.2, -0.15) is 37.9 Å². The van der Waals surface area contributed by atoms with E-state index in [1.807, 2.05) is 6.08 Å². The van der Waals surface area contributed by atoms with Crippen molar-refractivity contribution in [3.05, 3.63) is 12.7 Å². The van der Waals surface area contributed by atoms with Gasteiger partial charge in [-0.15, -0.1) is 19.2 Å². The van der Waals surface area contributed by atoms with Crippen LogP contribution < -0.4 is 0 Å². The van der Waals surface area contributed by atoms with Crippen molar-refractivity contribution in [1.29, 1.82) is 0 Å². The van der Waals surface area contributed by atoms with Gasteiger partial charge < -0.3 is 34.1 Å². The van der Waals surface area contributed by atoms with Crippen molar-refractivity contribution < 1.29 is 81.0 Å². The SMILES string of the molecule is C=CCCCCCCCCCOCCO.CC(=O)S.CC(=O)SCCCCCCCCCCCOCCO.CC(=O)SCCCCCCCCCCCOCCOS(=O)(=O)Cl.CCN(CC)CC.O=S(=O)(Cl)OCCOCCCCCCCCCCCS.O=S(=O)(F)Cl. The second kappa shape index (κ2) is 90.5. The van der Waals surface area contributed by atoms with Crippen molar-refractivity contribution in [2.75, 3.05) is 116 Å². The van der Waals surface area contributed by atoms with Crippen LogP contribution in [-0.2, 0) is 69.8 Å². The van der Waals surface area contributed by atoms with Crippen LogP contribution in [0.15, 0.2) is 12.7 Å². The molecule has 0 atom stereocenters. The monoisotopic (exact) mass is 1530 g/mol. The summed E-state index contributed by atoms with van der Waals surface area (Å²) >= 11 is 10.4. The van der Waals surface area contributed by atoms with E-state index in [0.717, 1.165) is 81.8 Å². The average Bonchev–Trinajstić information content (AvgIpc) is 3.69. The van der Waals surface area contributed by atoms with E-state index in [0.29, 0.717) is 26.4 Å². The normalized spacial score (nSPS) is 11.0. The van der Waals surface area contributed by atoms with Gasteiger partial charge in [0.1, 0.15) is 0 Å². The number of allylic oxidation sites excluding steroid dienone is 1. The van der Waals surface area contributed by atoms with E-state index < -0.39 is 28.1 Å². The fraction of sp³-hybridized carbons (Fsp3) is 0.922. The zero-order valence-electron chi connectivity index (χ0n) is 58.2. The van der Waals surface area contributed by atoms with Crippen molar-refractivity contribution in [2.24, 2.45) is 0 Å². The van der Waals surface area contributed by atoms with Crippen LogP contribution in [0.3, 0.4) is 0 Å². The molecule has 0 bridgehead atoms. The highest BCUT2D eigenvalue weighted by Crippen LogP contribution is 2.15. The summed E-state index contributed by atoms with van der Waals surface area (Å²) in [6, 6.07) is 0. The minimum atomic E-state index is -4.69. The number of unbranched alkanes of at least 4 members (excludes halogenated alkanes) is 31. The van der Waals surface area contributed by atoms with E-state index in [-0.39, 0.29) is 55.0 Å². The van der Waals surface area contributed by atoms with E-state index in [4.69, 9.17) is 58.9 Å². The molecule has 0 amide bonds. The van der Waals surface area contributed by atoms with Gasteiger partial charge in [0.15, 0.2) is 15.3 Å². The second-order valence-corrected chi connectivity index (χ2v) is 31.1. The first kappa shape index (κ1) is 107. The molecule has 0 rings (SSSR count). The molecule has 0 aliphatic heterocycles. The molecular weight excluding hydrogens is 1400 g/mol. The number of rotatable bonds is 60. The lowest BCUT2D eigenvalue weighted by Gasteiger charge is -2.13. The molecule has 0 aromatic heterocycles. The molecule has 0 fully saturated rings. The first-order chi connectivity index (χ1) is 44.2. The number of hydrogen-bond acceptors (Lipinski definition) is 21. The predicted molar refractivity (Wildman–Crippen MR) is 400 cm³/mol. The Balaban J connectivity index is -0.000000197. The second-order valence-electron chi connectivity index (χ2n) is 21.3. The summed E-state index contributed by atoms with van der Waals surface area (Å²) in [4.78, 5) is 33.1. The van der Waals surface area contributed by atoms with E-state index >= 15 is 0 Å². The van der Waals surface area contributed by atoms with Crippen molar-refractivity contribution in [3.63, 3.8) is 0 Å². The number of carbonyl (C=O) groups is 3. The molecule has 0 saturated heterocycles. The van der Waals surface area contributed by atoms with Gasteiger partial charge in [-0.25, -0.2) is 0 Å². The number of aliphatic hydroxyl groups is 2. The minimum absolute atomic E-state index is 0.0158. The Bertz CT molecular complexity index is 1840. The molecule has 0 aromatic rings. The molecule has 0 aliphatic rings. The summed E-state index contributed by atoms with van der Waals surface area (Å²) in [6.45, 7) is 23.0. The van der Waals surface area contributed by atoms with Gasteiger partial charge in [0.05, 0.1) is 63.5 Å². The van der Waals surface area contributed by atoms with Gasteiger partial charge in [-0.3, -0.25) is 22.7 Å². The summed E-state index contributed by atoms with van der Waals surface area (Å²) in [5, 5.41) is 17.3.